The van der Waals surface area contributed by atoms with Crippen LogP contribution in [0.5, 0.6) is 0 Å². The molecule has 0 fully saturated rings. The molecule has 5 nitrogen and oxygen atoms in total. The van der Waals surface area contributed by atoms with E-state index >= 15 is 0 Å². The largest absolute Gasteiger partial charge is 0.325 e. The van der Waals surface area contributed by atoms with E-state index in [1.54, 1.807) is 0 Å². The van der Waals surface area contributed by atoms with Crippen LogP contribution in [0.15, 0.2) is 6.07 Å². The number of rotatable bonds is 16. The third kappa shape index (κ3) is 9.63. The van der Waals surface area contributed by atoms with Crippen molar-refractivity contribution in [3.8, 4) is 0 Å². The maximum absolute atomic E-state index is 13.8. The molecule has 0 bridgehead atoms. The van der Waals surface area contributed by atoms with E-state index in [0.717, 1.165) is 25.3 Å². The van der Waals surface area contributed by atoms with Crippen molar-refractivity contribution in [3.05, 3.63) is 33.4 Å². The van der Waals surface area contributed by atoms with E-state index in [4.69, 9.17) is 0 Å². The van der Waals surface area contributed by atoms with Crippen molar-refractivity contribution < 1.29 is 18.5 Å². The minimum Gasteiger partial charge on any atom is -0.325 e. The van der Waals surface area contributed by atoms with Crippen molar-refractivity contribution >= 4 is 17.3 Å². The van der Waals surface area contributed by atoms with Gasteiger partial charge in [-0.25, -0.2) is 4.39 Å². The van der Waals surface area contributed by atoms with Gasteiger partial charge in [-0.05, 0) is 13.3 Å². The molecule has 0 spiro atoms. The Balaban J connectivity index is 2.17. The highest BCUT2D eigenvalue weighted by Crippen LogP contribution is 2.29. The highest BCUT2D eigenvalue weighted by Gasteiger charge is 2.24. The average molecular weight is 427 g/mol. The fourth-order valence-corrected chi connectivity index (χ4v) is 3.48. The molecular weight excluding hydrogens is 390 g/mol. The number of nitrogens with one attached hydrogen (secondary N) is 1. The molecule has 1 aromatic rings. The Kier molecular flexibility index (Phi) is 12.9. The molecule has 0 heterocycles. The quantitative estimate of drug-likeness (QED) is 0.168. The normalized spacial score (nSPS) is 10.9. The number of hydrogen-bond donors (Lipinski definition) is 1. The average Bonchev–Trinajstić information content (AvgIpc) is 2.71. The zero-order chi connectivity index (χ0) is 22.4. The molecule has 0 atom stereocenters. The van der Waals surface area contributed by atoms with Crippen LogP contribution in [0.4, 0.5) is 20.2 Å². The highest BCUT2D eigenvalue weighted by molar-refractivity contribution is 5.91. The van der Waals surface area contributed by atoms with Crippen LogP contribution in [0.2, 0.25) is 0 Å². The Morgan fingerprint density at radius 1 is 0.900 bits per heavy atom. The molecule has 1 rings (SSSR count). The molecule has 1 N–H and O–H groups in total. The van der Waals surface area contributed by atoms with Crippen LogP contribution >= 0.6 is 0 Å². The molecule has 0 aliphatic carbocycles. The summed E-state index contributed by atoms with van der Waals surface area (Å²) in [4.78, 5) is 21.9. The Labute approximate surface area is 178 Å². The summed E-state index contributed by atoms with van der Waals surface area (Å²) in [6.45, 7) is 3.51. The Morgan fingerprint density at radius 3 is 1.83 bits per heavy atom. The van der Waals surface area contributed by atoms with E-state index in [0.29, 0.717) is 6.42 Å². The molecule has 0 aliphatic rings. The van der Waals surface area contributed by atoms with Gasteiger partial charge in [0.2, 0.25) is 11.7 Å². The third-order valence-electron chi connectivity index (χ3n) is 5.41. The summed E-state index contributed by atoms with van der Waals surface area (Å²) < 4.78 is 27.4. The lowest BCUT2D eigenvalue weighted by molar-refractivity contribution is -0.387. The van der Waals surface area contributed by atoms with Gasteiger partial charge in [0.15, 0.2) is 5.82 Å². The highest BCUT2D eigenvalue weighted by atomic mass is 19.2. The van der Waals surface area contributed by atoms with Crippen molar-refractivity contribution in [2.45, 2.75) is 104 Å². The fraction of sp³-hybridized carbons (Fsp3) is 0.696. The minimum atomic E-state index is -1.51. The summed E-state index contributed by atoms with van der Waals surface area (Å²) in [5, 5.41) is 13.3. The van der Waals surface area contributed by atoms with Gasteiger partial charge >= 0.3 is 5.69 Å². The number of nitro benzene ring substituents is 1. The fourth-order valence-electron chi connectivity index (χ4n) is 3.48. The van der Waals surface area contributed by atoms with Gasteiger partial charge in [0, 0.05) is 18.1 Å². The van der Waals surface area contributed by atoms with Crippen molar-refractivity contribution in [2.75, 3.05) is 5.32 Å². The first-order chi connectivity index (χ1) is 14.4. The molecular formula is C23H36F2N2O3. The van der Waals surface area contributed by atoms with Gasteiger partial charge in [-0.15, -0.1) is 0 Å². The number of nitrogens with zero attached hydrogens (tertiary/aromatic N) is 1. The van der Waals surface area contributed by atoms with Crippen LogP contribution in [0.1, 0.15) is 102 Å². The number of hydrogen-bond acceptors (Lipinski definition) is 3. The summed E-state index contributed by atoms with van der Waals surface area (Å²) >= 11 is 0. The van der Waals surface area contributed by atoms with Crippen molar-refractivity contribution in [3.63, 3.8) is 0 Å². The number of carbonyl (C=O) groups excluding carboxylic acids is 1. The Morgan fingerprint density at radius 2 is 1.37 bits per heavy atom. The van der Waals surface area contributed by atoms with E-state index in [-0.39, 0.29) is 23.6 Å². The van der Waals surface area contributed by atoms with Gasteiger partial charge in [-0.2, -0.15) is 4.39 Å². The number of anilines is 1. The smallest absolute Gasteiger partial charge is 0.309 e. The molecule has 0 radical (unpaired) electrons. The number of nitro groups is 1. The minimum absolute atomic E-state index is 0.0553. The number of benzene rings is 1. The van der Waals surface area contributed by atoms with Gasteiger partial charge in [-0.1, -0.05) is 84.0 Å². The third-order valence-corrected chi connectivity index (χ3v) is 5.41. The van der Waals surface area contributed by atoms with E-state index < -0.39 is 22.2 Å². The maximum Gasteiger partial charge on any atom is 0.309 e. The van der Waals surface area contributed by atoms with E-state index in [2.05, 4.69) is 12.2 Å². The summed E-state index contributed by atoms with van der Waals surface area (Å²) in [7, 11) is 0. The topological polar surface area (TPSA) is 72.2 Å². The molecule has 30 heavy (non-hydrogen) atoms. The van der Waals surface area contributed by atoms with Gasteiger partial charge in [-0.3, -0.25) is 14.9 Å². The molecule has 0 saturated heterocycles. The lowest BCUT2D eigenvalue weighted by Crippen LogP contribution is -2.13. The molecule has 1 amide bonds. The predicted molar refractivity (Wildman–Crippen MR) is 117 cm³/mol. The second-order valence-corrected chi connectivity index (χ2v) is 7.99. The first-order valence-corrected chi connectivity index (χ1v) is 11.3. The van der Waals surface area contributed by atoms with Crippen LogP contribution in [-0.4, -0.2) is 10.8 Å². The van der Waals surface area contributed by atoms with Gasteiger partial charge < -0.3 is 5.32 Å². The summed E-state index contributed by atoms with van der Waals surface area (Å²) in [5.41, 5.74) is -1.17. The van der Waals surface area contributed by atoms with Gasteiger partial charge in [0.1, 0.15) is 0 Å². The zero-order valence-electron chi connectivity index (χ0n) is 18.4. The van der Waals surface area contributed by atoms with E-state index in [1.807, 2.05) is 0 Å². The van der Waals surface area contributed by atoms with Crippen LogP contribution in [-0.2, 0) is 4.79 Å². The summed E-state index contributed by atoms with van der Waals surface area (Å²) in [6, 6.07) is 0.870. The molecule has 0 saturated carbocycles. The summed E-state index contributed by atoms with van der Waals surface area (Å²) in [6.07, 6.45) is 15.9. The Hall–Kier alpha value is -2.05. The standard InChI is InChI=1S/C23H36F2N2O3/c1-3-4-5-6-7-8-9-10-11-12-13-14-15-16-21(28)26-19-17-20(27(29)30)23(25)22(24)18(19)2/h17H,3-16H2,1-2H3,(H,26,28). The zero-order valence-corrected chi connectivity index (χ0v) is 18.4. The SMILES string of the molecule is CCCCCCCCCCCCCCCC(=O)Nc1cc([N+](=O)[O-])c(F)c(F)c1C. The number of unbranched alkanes of at least 4 members (excludes halogenated alkanes) is 12. The van der Waals surface area contributed by atoms with Crippen LogP contribution in [0.3, 0.4) is 0 Å². The first kappa shape index (κ1) is 26.0. The molecule has 0 aromatic heterocycles. The van der Waals surface area contributed by atoms with E-state index in [9.17, 15) is 23.7 Å². The Bertz CT molecular complexity index is 681. The number of halogens is 2. The van der Waals surface area contributed by atoms with Crippen LogP contribution < -0.4 is 5.32 Å². The predicted octanol–water partition coefficient (Wildman–Crippen LogP) is 7.60. The van der Waals surface area contributed by atoms with Crippen molar-refractivity contribution in [1.29, 1.82) is 0 Å². The lowest BCUT2D eigenvalue weighted by atomic mass is 10.0. The molecule has 170 valence electrons. The number of amides is 1. The molecule has 0 aliphatic heterocycles. The molecule has 1 aromatic carbocycles. The van der Waals surface area contributed by atoms with Crippen molar-refractivity contribution in [2.24, 2.45) is 0 Å². The van der Waals surface area contributed by atoms with Gasteiger partial charge in [0.25, 0.3) is 0 Å². The van der Waals surface area contributed by atoms with Crippen molar-refractivity contribution in [1.82, 2.24) is 0 Å². The summed E-state index contributed by atoms with van der Waals surface area (Å²) in [5.74, 6) is -3.16. The van der Waals surface area contributed by atoms with E-state index in [1.165, 1.54) is 64.7 Å². The molecule has 0 unspecified atom stereocenters. The monoisotopic (exact) mass is 426 g/mol. The van der Waals surface area contributed by atoms with Crippen LogP contribution in [0, 0.1) is 28.7 Å². The second-order valence-electron chi connectivity index (χ2n) is 7.99. The first-order valence-electron chi connectivity index (χ1n) is 11.3. The van der Waals surface area contributed by atoms with Crippen LogP contribution in [0.25, 0.3) is 0 Å². The molecule has 7 heteroatoms. The van der Waals surface area contributed by atoms with Gasteiger partial charge in [0.05, 0.1) is 10.6 Å². The number of carbonyl (C=O) groups is 1. The maximum atomic E-state index is 13.8. The second kappa shape index (κ2) is 14.9. The lowest BCUT2D eigenvalue weighted by Gasteiger charge is -2.10.